The molecule has 112 valence electrons. The Morgan fingerprint density at radius 3 is 2.95 bits per heavy atom. The molecule has 0 aromatic carbocycles. The molecule has 1 aliphatic rings. The van der Waals surface area contributed by atoms with Gasteiger partial charge in [0.15, 0.2) is 11.5 Å². The van der Waals surface area contributed by atoms with E-state index >= 15 is 0 Å². The van der Waals surface area contributed by atoms with Crippen molar-refractivity contribution in [1.29, 1.82) is 0 Å². The van der Waals surface area contributed by atoms with Crippen LogP contribution in [0.2, 0.25) is 0 Å². The first kappa shape index (κ1) is 12.7. The number of hydrogen-bond donors (Lipinski definition) is 2. The van der Waals surface area contributed by atoms with Crippen LogP contribution in [0.4, 0.5) is 0 Å². The number of hydrogen-bond acceptors (Lipinski definition) is 7. The molecule has 1 aliphatic heterocycles. The van der Waals surface area contributed by atoms with Crippen molar-refractivity contribution in [2.24, 2.45) is 0 Å². The number of nitrogens with zero attached hydrogens (tertiary/aromatic N) is 6. The van der Waals surface area contributed by atoms with Gasteiger partial charge in [-0.25, -0.2) is 14.6 Å². The second-order valence-electron chi connectivity index (χ2n) is 4.76. The van der Waals surface area contributed by atoms with Crippen molar-refractivity contribution < 1.29 is 4.74 Å². The Morgan fingerprint density at radius 1 is 1.32 bits per heavy atom. The first-order valence-corrected chi connectivity index (χ1v) is 6.68. The van der Waals surface area contributed by atoms with Gasteiger partial charge in [-0.3, -0.25) is 9.89 Å². The van der Waals surface area contributed by atoms with Crippen molar-refractivity contribution in [3.63, 3.8) is 0 Å². The second kappa shape index (κ2) is 5.07. The molecule has 4 heterocycles. The summed E-state index contributed by atoms with van der Waals surface area (Å²) < 4.78 is 8.34. The summed E-state index contributed by atoms with van der Waals surface area (Å²) in [6, 6.07) is 1.61. The molecule has 1 fully saturated rings. The lowest BCUT2D eigenvalue weighted by Crippen LogP contribution is -2.50. The summed E-state index contributed by atoms with van der Waals surface area (Å²) in [7, 11) is 0. The van der Waals surface area contributed by atoms with Gasteiger partial charge in [0, 0.05) is 19.2 Å². The normalized spacial score (nSPS) is 14.7. The summed E-state index contributed by atoms with van der Waals surface area (Å²) in [5.74, 6) is 0.828. The molecule has 1 saturated heterocycles. The van der Waals surface area contributed by atoms with Crippen molar-refractivity contribution in [3.8, 4) is 17.4 Å². The SMILES string of the molecule is O=c1c(-n2ccnn2)c[nH]n1-c1cc(OC2CNC2)ncn1. The Hall–Kier alpha value is -3.01. The summed E-state index contributed by atoms with van der Waals surface area (Å²) in [5.41, 5.74) is 0.0576. The van der Waals surface area contributed by atoms with Crippen molar-refractivity contribution in [1.82, 2.24) is 40.1 Å². The summed E-state index contributed by atoms with van der Waals surface area (Å²) in [4.78, 5) is 20.6. The highest BCUT2D eigenvalue weighted by Crippen LogP contribution is 2.13. The van der Waals surface area contributed by atoms with Crippen LogP contribution in [0, 0.1) is 0 Å². The molecule has 0 saturated carbocycles. The fourth-order valence-electron chi connectivity index (χ4n) is 2.06. The molecule has 22 heavy (non-hydrogen) atoms. The maximum atomic E-state index is 12.4. The molecule has 0 spiro atoms. The van der Waals surface area contributed by atoms with E-state index in [4.69, 9.17) is 4.74 Å². The van der Waals surface area contributed by atoms with Crippen LogP contribution in [-0.2, 0) is 0 Å². The molecule has 0 amide bonds. The highest BCUT2D eigenvalue weighted by atomic mass is 16.5. The second-order valence-corrected chi connectivity index (χ2v) is 4.76. The van der Waals surface area contributed by atoms with Crippen LogP contribution >= 0.6 is 0 Å². The number of H-pyrrole nitrogens is 1. The van der Waals surface area contributed by atoms with Gasteiger partial charge < -0.3 is 10.1 Å². The molecule has 0 bridgehead atoms. The lowest BCUT2D eigenvalue weighted by Gasteiger charge is -2.27. The van der Waals surface area contributed by atoms with Crippen LogP contribution < -0.4 is 15.6 Å². The molecular formula is C12H12N8O2. The van der Waals surface area contributed by atoms with Gasteiger partial charge >= 0.3 is 0 Å². The van der Waals surface area contributed by atoms with Crippen LogP contribution in [0.25, 0.3) is 11.5 Å². The molecule has 0 atom stereocenters. The van der Waals surface area contributed by atoms with Crippen molar-refractivity contribution in [3.05, 3.63) is 41.3 Å². The average Bonchev–Trinajstić information content (AvgIpc) is 3.12. The molecule has 10 heteroatoms. The van der Waals surface area contributed by atoms with Crippen molar-refractivity contribution >= 4 is 0 Å². The van der Waals surface area contributed by atoms with Gasteiger partial charge in [-0.1, -0.05) is 5.21 Å². The highest BCUT2D eigenvalue weighted by molar-refractivity contribution is 5.31. The van der Waals surface area contributed by atoms with E-state index in [0.717, 1.165) is 13.1 Å². The zero-order valence-corrected chi connectivity index (χ0v) is 11.4. The molecule has 3 aromatic heterocycles. The van der Waals surface area contributed by atoms with Gasteiger partial charge in [0.1, 0.15) is 12.4 Å². The van der Waals surface area contributed by atoms with Gasteiger partial charge in [-0.05, 0) is 0 Å². The third-order valence-corrected chi connectivity index (χ3v) is 3.31. The summed E-state index contributed by atoms with van der Waals surface area (Å²) in [6.45, 7) is 1.58. The predicted molar refractivity (Wildman–Crippen MR) is 74.2 cm³/mol. The van der Waals surface area contributed by atoms with Crippen LogP contribution in [0.3, 0.4) is 0 Å². The summed E-state index contributed by atoms with van der Waals surface area (Å²) in [6.07, 6.45) is 6.09. The van der Waals surface area contributed by atoms with E-state index in [1.807, 2.05) is 0 Å². The minimum atomic E-state index is -0.291. The van der Waals surface area contributed by atoms with E-state index in [-0.39, 0.29) is 11.7 Å². The minimum absolute atomic E-state index is 0.105. The van der Waals surface area contributed by atoms with E-state index < -0.39 is 0 Å². The van der Waals surface area contributed by atoms with Crippen molar-refractivity contribution in [2.75, 3.05) is 13.1 Å². The van der Waals surface area contributed by atoms with Gasteiger partial charge in [0.25, 0.3) is 5.56 Å². The Labute approximate surface area is 123 Å². The summed E-state index contributed by atoms with van der Waals surface area (Å²) >= 11 is 0. The van der Waals surface area contributed by atoms with Crippen LogP contribution in [-0.4, -0.2) is 53.9 Å². The molecule has 0 aliphatic carbocycles. The van der Waals surface area contributed by atoms with E-state index in [9.17, 15) is 4.79 Å². The third-order valence-electron chi connectivity index (χ3n) is 3.31. The summed E-state index contributed by atoms with van der Waals surface area (Å²) in [5, 5.41) is 13.4. The third kappa shape index (κ3) is 2.15. The molecule has 0 radical (unpaired) electrons. The largest absolute Gasteiger partial charge is 0.471 e. The average molecular weight is 300 g/mol. The van der Waals surface area contributed by atoms with Gasteiger partial charge in [-0.15, -0.1) is 5.10 Å². The first-order valence-electron chi connectivity index (χ1n) is 6.68. The maximum Gasteiger partial charge on any atom is 0.298 e. The first-order chi connectivity index (χ1) is 10.8. The predicted octanol–water partition coefficient (Wildman–Crippen LogP) is -1.11. The topological polar surface area (TPSA) is 116 Å². The Bertz CT molecular complexity index is 833. The maximum absolute atomic E-state index is 12.4. The zero-order valence-electron chi connectivity index (χ0n) is 11.4. The van der Waals surface area contributed by atoms with Crippen LogP contribution in [0.15, 0.2) is 35.8 Å². The standard InChI is InChI=1S/C12H12N8O2/c21-12-9(19-2-1-16-18-19)6-17-20(12)10-3-11(15-7-14-10)22-8-4-13-5-8/h1-3,6-8,13,17H,4-5H2. The smallest absolute Gasteiger partial charge is 0.298 e. The van der Waals surface area contributed by atoms with Crippen LogP contribution in [0.5, 0.6) is 5.88 Å². The van der Waals surface area contributed by atoms with Gasteiger partial charge in [0.05, 0.1) is 18.6 Å². The Balaban J connectivity index is 1.67. The van der Waals surface area contributed by atoms with Crippen molar-refractivity contribution in [2.45, 2.75) is 6.10 Å². The van der Waals surface area contributed by atoms with E-state index in [2.05, 4.69) is 30.7 Å². The highest BCUT2D eigenvalue weighted by Gasteiger charge is 2.19. The number of rotatable bonds is 4. The number of aromatic amines is 1. The molecule has 0 unspecified atom stereocenters. The molecule has 2 N–H and O–H groups in total. The minimum Gasteiger partial charge on any atom is -0.471 e. The number of nitrogens with one attached hydrogen (secondary N) is 2. The quantitative estimate of drug-likeness (QED) is 0.627. The zero-order chi connectivity index (χ0) is 14.9. The fourth-order valence-corrected chi connectivity index (χ4v) is 2.06. The number of aromatic nitrogens is 7. The molecular weight excluding hydrogens is 288 g/mol. The Morgan fingerprint density at radius 2 is 2.23 bits per heavy atom. The van der Waals surface area contributed by atoms with E-state index in [1.54, 1.807) is 12.3 Å². The molecule has 4 rings (SSSR count). The Kier molecular flexibility index (Phi) is 2.93. The number of ether oxygens (including phenoxy) is 1. The van der Waals surface area contributed by atoms with E-state index in [0.29, 0.717) is 17.4 Å². The van der Waals surface area contributed by atoms with Gasteiger partial charge in [-0.2, -0.15) is 4.68 Å². The lowest BCUT2D eigenvalue weighted by atomic mass is 10.2. The van der Waals surface area contributed by atoms with Crippen LogP contribution in [0.1, 0.15) is 0 Å². The fraction of sp³-hybridized carbons (Fsp3) is 0.250. The van der Waals surface area contributed by atoms with E-state index in [1.165, 1.54) is 28.1 Å². The lowest BCUT2D eigenvalue weighted by molar-refractivity contribution is 0.136. The monoisotopic (exact) mass is 300 g/mol. The molecule has 10 nitrogen and oxygen atoms in total. The molecule has 3 aromatic rings. The van der Waals surface area contributed by atoms with Gasteiger partial charge in [0.2, 0.25) is 5.88 Å².